The molecule has 0 saturated carbocycles. The number of rotatable bonds is 1. The van der Waals surface area contributed by atoms with E-state index < -0.39 is 0 Å². The van der Waals surface area contributed by atoms with Gasteiger partial charge in [0.15, 0.2) is 0 Å². The molecule has 0 aliphatic carbocycles. The van der Waals surface area contributed by atoms with Crippen LogP contribution in [0, 0.1) is 12.1 Å². The summed E-state index contributed by atoms with van der Waals surface area (Å²) in [5.74, 6) is 0.753. The number of benzene rings is 1. The molecule has 0 aromatic heterocycles. The van der Waals surface area contributed by atoms with Gasteiger partial charge in [0.1, 0.15) is 5.75 Å². The van der Waals surface area contributed by atoms with Crippen LogP contribution in [-0.4, -0.2) is 7.11 Å². The van der Waals surface area contributed by atoms with Gasteiger partial charge in [-0.05, 0) is 18.2 Å². The third-order valence-electron chi connectivity index (χ3n) is 0.849. The molecule has 1 aromatic carbocycles. The van der Waals surface area contributed by atoms with E-state index in [1.807, 2.05) is 0 Å². The van der Waals surface area contributed by atoms with Crippen LogP contribution in [0.2, 0.25) is 0 Å². The Bertz CT molecular complexity index is 146. The summed E-state index contributed by atoms with van der Waals surface area (Å²) >= 11 is 0. The minimum absolute atomic E-state index is 0.753. The van der Waals surface area contributed by atoms with Crippen molar-refractivity contribution in [1.29, 1.82) is 0 Å². The van der Waals surface area contributed by atoms with Gasteiger partial charge >= 0.3 is 0 Å². The van der Waals surface area contributed by atoms with E-state index in [2.05, 4.69) is 12.1 Å². The number of methoxy groups -OCH3 is 1. The molecule has 1 aromatic rings. The Hall–Kier alpha value is -0.980. The lowest BCUT2D eigenvalue weighted by molar-refractivity contribution is 0.414. The van der Waals surface area contributed by atoms with Gasteiger partial charge in [-0.25, -0.2) is 0 Å². The van der Waals surface area contributed by atoms with Crippen LogP contribution >= 0.6 is 0 Å². The Kier molecular flexibility index (Phi) is 1.52. The highest BCUT2D eigenvalue weighted by atomic mass is 16.5. The van der Waals surface area contributed by atoms with Gasteiger partial charge in [0.2, 0.25) is 0 Å². The average molecular weight is 106 g/mol. The van der Waals surface area contributed by atoms with Crippen molar-refractivity contribution in [2.45, 2.75) is 0 Å². The highest BCUT2D eigenvalue weighted by Crippen LogP contribution is 2.03. The Morgan fingerprint density at radius 3 is 2.88 bits per heavy atom. The summed E-state index contributed by atoms with van der Waals surface area (Å²) in [5.41, 5.74) is 0. The molecule has 8 heavy (non-hydrogen) atoms. The first kappa shape index (κ1) is 5.16. The molecule has 0 saturated heterocycles. The molecule has 1 nitrogen and oxygen atoms in total. The Morgan fingerprint density at radius 2 is 2.50 bits per heavy atom. The van der Waals surface area contributed by atoms with Gasteiger partial charge in [-0.3, -0.25) is 0 Å². The monoisotopic (exact) mass is 106 g/mol. The predicted octanol–water partition coefficient (Wildman–Crippen LogP) is 1.30. The SMILES string of the molecule is COc1[c]c[c]cc1. The summed E-state index contributed by atoms with van der Waals surface area (Å²) in [6.07, 6.45) is 0. The van der Waals surface area contributed by atoms with Gasteiger partial charge in [0.25, 0.3) is 0 Å². The van der Waals surface area contributed by atoms with Gasteiger partial charge in [-0.15, -0.1) is 0 Å². The van der Waals surface area contributed by atoms with Crippen molar-refractivity contribution in [3.05, 3.63) is 30.3 Å². The van der Waals surface area contributed by atoms with E-state index in [4.69, 9.17) is 4.74 Å². The third-order valence-corrected chi connectivity index (χ3v) is 0.849. The van der Waals surface area contributed by atoms with Gasteiger partial charge in [-0.2, -0.15) is 0 Å². The second-order valence-electron chi connectivity index (χ2n) is 1.36. The number of hydrogen-bond donors (Lipinski definition) is 0. The molecule has 2 radical (unpaired) electrons. The maximum absolute atomic E-state index is 4.84. The Labute approximate surface area is 48.9 Å². The molecule has 0 fully saturated rings. The molecule has 1 heteroatoms. The van der Waals surface area contributed by atoms with Crippen LogP contribution in [0.4, 0.5) is 0 Å². The fraction of sp³-hybridized carbons (Fsp3) is 0.143. The smallest absolute Gasteiger partial charge is 0.126 e. The molecular weight excluding hydrogens is 100 g/mol. The summed E-state index contributed by atoms with van der Waals surface area (Å²) in [6.45, 7) is 0. The molecule has 0 amide bonds. The van der Waals surface area contributed by atoms with Gasteiger partial charge in [0.05, 0.1) is 7.11 Å². The summed E-state index contributed by atoms with van der Waals surface area (Å²) in [6, 6.07) is 11.0. The molecule has 0 atom stereocenters. The summed E-state index contributed by atoms with van der Waals surface area (Å²) in [7, 11) is 1.62. The quantitative estimate of drug-likeness (QED) is 0.524. The van der Waals surface area contributed by atoms with Gasteiger partial charge < -0.3 is 4.74 Å². The first-order chi connectivity index (χ1) is 3.93. The lowest BCUT2D eigenvalue weighted by atomic mass is 10.3. The topological polar surface area (TPSA) is 9.23 Å². The van der Waals surface area contributed by atoms with Crippen LogP contribution in [0.1, 0.15) is 0 Å². The summed E-state index contributed by atoms with van der Waals surface area (Å²) in [5, 5.41) is 0. The fourth-order valence-electron chi connectivity index (χ4n) is 0.460. The highest BCUT2D eigenvalue weighted by molar-refractivity contribution is 5.17. The third kappa shape index (κ3) is 0.997. The van der Waals surface area contributed by atoms with E-state index in [1.165, 1.54) is 0 Å². The molecule has 0 spiro atoms. The molecule has 0 bridgehead atoms. The van der Waals surface area contributed by atoms with Gasteiger partial charge in [0, 0.05) is 6.07 Å². The second kappa shape index (κ2) is 2.36. The van der Waals surface area contributed by atoms with Crippen molar-refractivity contribution in [3.8, 4) is 5.75 Å². The van der Waals surface area contributed by atoms with E-state index in [0.717, 1.165) is 5.75 Å². The van der Waals surface area contributed by atoms with Crippen LogP contribution in [0.3, 0.4) is 0 Å². The van der Waals surface area contributed by atoms with E-state index in [0.29, 0.717) is 0 Å². The lowest BCUT2D eigenvalue weighted by Gasteiger charge is -1.92. The molecule has 0 aliphatic rings. The van der Waals surface area contributed by atoms with Crippen LogP contribution in [0.25, 0.3) is 0 Å². The molecule has 0 N–H and O–H groups in total. The zero-order chi connectivity index (χ0) is 5.82. The lowest BCUT2D eigenvalue weighted by Crippen LogP contribution is -1.79. The van der Waals surface area contributed by atoms with Crippen LogP contribution in [-0.2, 0) is 0 Å². The maximum atomic E-state index is 4.84. The van der Waals surface area contributed by atoms with Crippen LogP contribution < -0.4 is 4.74 Å². The molecule has 0 unspecified atom stereocenters. The minimum atomic E-state index is 0.753. The van der Waals surface area contributed by atoms with E-state index in [-0.39, 0.29) is 0 Å². The van der Waals surface area contributed by atoms with E-state index in [9.17, 15) is 0 Å². The highest BCUT2D eigenvalue weighted by Gasteiger charge is 1.81. The first-order valence-corrected chi connectivity index (χ1v) is 2.35. The molecule has 1 rings (SSSR count). The zero-order valence-corrected chi connectivity index (χ0v) is 4.64. The minimum Gasteiger partial charge on any atom is -0.496 e. The molecule has 40 valence electrons. The Morgan fingerprint density at radius 1 is 1.62 bits per heavy atom. The predicted molar refractivity (Wildman–Crippen MR) is 30.7 cm³/mol. The molecular formula is C7H6O. The Balaban J connectivity index is 2.83. The summed E-state index contributed by atoms with van der Waals surface area (Å²) < 4.78 is 4.84. The second-order valence-corrected chi connectivity index (χ2v) is 1.36. The fourth-order valence-corrected chi connectivity index (χ4v) is 0.460. The molecule has 0 aliphatic heterocycles. The largest absolute Gasteiger partial charge is 0.496 e. The van der Waals surface area contributed by atoms with Crippen molar-refractivity contribution in [2.24, 2.45) is 0 Å². The summed E-state index contributed by atoms with van der Waals surface area (Å²) in [4.78, 5) is 0. The van der Waals surface area contributed by atoms with Crippen molar-refractivity contribution < 1.29 is 4.74 Å². The first-order valence-electron chi connectivity index (χ1n) is 2.35. The standard InChI is InChI=1S/C7H6O/c1-8-7-5-3-2-4-6-7/h3-5H,1H3. The van der Waals surface area contributed by atoms with Crippen molar-refractivity contribution >= 4 is 0 Å². The molecule has 0 heterocycles. The van der Waals surface area contributed by atoms with E-state index >= 15 is 0 Å². The van der Waals surface area contributed by atoms with E-state index in [1.54, 1.807) is 25.3 Å². The van der Waals surface area contributed by atoms with Crippen LogP contribution in [0.5, 0.6) is 5.75 Å². The zero-order valence-electron chi connectivity index (χ0n) is 4.64. The van der Waals surface area contributed by atoms with Crippen molar-refractivity contribution in [1.82, 2.24) is 0 Å². The number of hydrogen-bond acceptors (Lipinski definition) is 1. The average Bonchev–Trinajstić information content (AvgIpc) is 1.90. The van der Waals surface area contributed by atoms with Crippen LogP contribution in [0.15, 0.2) is 18.2 Å². The van der Waals surface area contributed by atoms with Gasteiger partial charge in [-0.1, -0.05) is 6.07 Å². The normalized spacial score (nSPS) is 8.62. The van der Waals surface area contributed by atoms with Crippen molar-refractivity contribution in [3.63, 3.8) is 0 Å². The maximum Gasteiger partial charge on any atom is 0.126 e. The number of ether oxygens (including phenoxy) is 1. The van der Waals surface area contributed by atoms with Crippen molar-refractivity contribution in [2.75, 3.05) is 7.11 Å².